The van der Waals surface area contributed by atoms with Gasteiger partial charge in [0, 0.05) is 16.8 Å². The first-order valence-electron chi connectivity index (χ1n) is 8.60. The van der Waals surface area contributed by atoms with Gasteiger partial charge in [0.15, 0.2) is 0 Å². The second-order valence-electron chi connectivity index (χ2n) is 6.22. The third kappa shape index (κ3) is 4.55. The van der Waals surface area contributed by atoms with Gasteiger partial charge < -0.3 is 5.32 Å². The van der Waals surface area contributed by atoms with Crippen molar-refractivity contribution >= 4 is 21.6 Å². The molecule has 0 aliphatic heterocycles. The molecule has 0 bridgehead atoms. The molecule has 144 valence electrons. The quantitative estimate of drug-likeness (QED) is 0.656. The van der Waals surface area contributed by atoms with Crippen LogP contribution >= 0.6 is 0 Å². The molecular weight excluding hydrogens is 379 g/mol. The van der Waals surface area contributed by atoms with Crippen molar-refractivity contribution in [3.05, 3.63) is 95.8 Å². The minimum atomic E-state index is -3.76. The normalized spacial score (nSPS) is 12.2. The van der Waals surface area contributed by atoms with E-state index in [1.807, 2.05) is 0 Å². The molecule has 1 amide bonds. The highest BCUT2D eigenvalue weighted by Crippen LogP contribution is 2.19. The molecule has 0 radical (unpaired) electrons. The monoisotopic (exact) mass is 398 g/mol. The van der Waals surface area contributed by atoms with E-state index in [1.165, 1.54) is 24.3 Å². The van der Waals surface area contributed by atoms with E-state index in [0.717, 1.165) is 0 Å². The SMILES string of the molecule is CC(NC(=O)c1cccc(NS(=O)(=O)c2ccccc2)c1)c1ccccc1F. The highest BCUT2D eigenvalue weighted by Gasteiger charge is 2.17. The van der Waals surface area contributed by atoms with Crippen molar-refractivity contribution in [1.82, 2.24) is 5.32 Å². The summed E-state index contributed by atoms with van der Waals surface area (Å²) >= 11 is 0. The fraction of sp³-hybridized carbons (Fsp3) is 0.0952. The lowest BCUT2D eigenvalue weighted by atomic mass is 10.1. The number of hydrogen-bond acceptors (Lipinski definition) is 3. The number of anilines is 1. The van der Waals surface area contributed by atoms with Crippen LogP contribution in [0.1, 0.15) is 28.9 Å². The molecule has 3 aromatic carbocycles. The van der Waals surface area contributed by atoms with Crippen LogP contribution in [0, 0.1) is 5.82 Å². The Morgan fingerprint density at radius 1 is 0.929 bits per heavy atom. The topological polar surface area (TPSA) is 75.3 Å². The first-order chi connectivity index (χ1) is 13.4. The van der Waals surface area contributed by atoms with Crippen LogP contribution in [-0.2, 0) is 10.0 Å². The predicted molar refractivity (Wildman–Crippen MR) is 106 cm³/mol. The van der Waals surface area contributed by atoms with Crippen molar-refractivity contribution in [2.75, 3.05) is 4.72 Å². The second-order valence-corrected chi connectivity index (χ2v) is 7.90. The molecule has 2 N–H and O–H groups in total. The summed E-state index contributed by atoms with van der Waals surface area (Å²) in [4.78, 5) is 12.6. The predicted octanol–water partition coefficient (Wildman–Crippen LogP) is 4.12. The molecule has 0 fully saturated rings. The van der Waals surface area contributed by atoms with Crippen molar-refractivity contribution < 1.29 is 17.6 Å². The Labute approximate surface area is 163 Å². The molecule has 3 rings (SSSR count). The smallest absolute Gasteiger partial charge is 0.261 e. The van der Waals surface area contributed by atoms with Crippen LogP contribution in [0.25, 0.3) is 0 Å². The third-order valence-electron chi connectivity index (χ3n) is 4.15. The lowest BCUT2D eigenvalue weighted by Crippen LogP contribution is -2.27. The van der Waals surface area contributed by atoms with Crippen LogP contribution in [0.3, 0.4) is 0 Å². The number of benzene rings is 3. The van der Waals surface area contributed by atoms with E-state index >= 15 is 0 Å². The standard InChI is InChI=1S/C21H19FN2O3S/c1-15(19-12-5-6-13-20(19)22)23-21(25)16-8-7-9-17(14-16)24-28(26,27)18-10-3-2-4-11-18/h2-15,24H,1H3,(H,23,25). The van der Waals surface area contributed by atoms with Gasteiger partial charge in [-0.05, 0) is 43.3 Å². The second kappa shape index (κ2) is 8.22. The van der Waals surface area contributed by atoms with Gasteiger partial charge in [0.05, 0.1) is 10.9 Å². The molecule has 0 saturated carbocycles. The van der Waals surface area contributed by atoms with E-state index in [9.17, 15) is 17.6 Å². The number of nitrogens with one attached hydrogen (secondary N) is 2. The van der Waals surface area contributed by atoms with E-state index in [-0.39, 0.29) is 16.1 Å². The van der Waals surface area contributed by atoms with E-state index in [1.54, 1.807) is 61.5 Å². The van der Waals surface area contributed by atoms with Crippen molar-refractivity contribution in [2.24, 2.45) is 0 Å². The minimum Gasteiger partial charge on any atom is -0.345 e. The molecule has 0 spiro atoms. The Hall–Kier alpha value is -3.19. The van der Waals surface area contributed by atoms with Crippen LogP contribution in [0.15, 0.2) is 83.8 Å². The number of amides is 1. The van der Waals surface area contributed by atoms with Crippen LogP contribution in [-0.4, -0.2) is 14.3 Å². The fourth-order valence-corrected chi connectivity index (χ4v) is 3.79. The first-order valence-corrected chi connectivity index (χ1v) is 10.1. The van der Waals surface area contributed by atoms with Gasteiger partial charge in [-0.3, -0.25) is 9.52 Å². The molecule has 28 heavy (non-hydrogen) atoms. The Morgan fingerprint density at radius 2 is 1.61 bits per heavy atom. The Morgan fingerprint density at radius 3 is 2.32 bits per heavy atom. The van der Waals surface area contributed by atoms with Gasteiger partial charge in [0.25, 0.3) is 15.9 Å². The van der Waals surface area contributed by atoms with Crippen LogP contribution in [0.2, 0.25) is 0 Å². The van der Waals surface area contributed by atoms with Crippen LogP contribution in [0.4, 0.5) is 10.1 Å². The van der Waals surface area contributed by atoms with Gasteiger partial charge in [-0.25, -0.2) is 12.8 Å². The van der Waals surface area contributed by atoms with Crippen LogP contribution < -0.4 is 10.0 Å². The Bertz CT molecular complexity index is 1090. The zero-order valence-corrected chi connectivity index (χ0v) is 15.9. The lowest BCUT2D eigenvalue weighted by Gasteiger charge is -2.15. The largest absolute Gasteiger partial charge is 0.345 e. The number of carbonyl (C=O) groups excluding carboxylic acids is 1. The molecule has 0 heterocycles. The molecule has 0 aliphatic rings. The summed E-state index contributed by atoms with van der Waals surface area (Å²) in [5, 5.41) is 2.72. The number of carbonyl (C=O) groups is 1. The molecule has 7 heteroatoms. The van der Waals surface area contributed by atoms with E-state index in [2.05, 4.69) is 10.0 Å². The maximum atomic E-state index is 13.9. The lowest BCUT2D eigenvalue weighted by molar-refractivity contribution is 0.0939. The average molecular weight is 398 g/mol. The van der Waals surface area contributed by atoms with Gasteiger partial charge in [0.2, 0.25) is 0 Å². The van der Waals surface area contributed by atoms with Gasteiger partial charge in [0.1, 0.15) is 5.82 Å². The van der Waals surface area contributed by atoms with E-state index in [0.29, 0.717) is 5.56 Å². The van der Waals surface area contributed by atoms with Crippen molar-refractivity contribution in [3.8, 4) is 0 Å². The van der Waals surface area contributed by atoms with Gasteiger partial charge in [-0.15, -0.1) is 0 Å². The molecule has 5 nitrogen and oxygen atoms in total. The molecule has 0 saturated heterocycles. The zero-order valence-electron chi connectivity index (χ0n) is 15.1. The van der Waals surface area contributed by atoms with Crippen molar-refractivity contribution in [1.29, 1.82) is 0 Å². The maximum Gasteiger partial charge on any atom is 0.261 e. The summed E-state index contributed by atoms with van der Waals surface area (Å²) in [7, 11) is -3.76. The summed E-state index contributed by atoms with van der Waals surface area (Å²) in [5.74, 6) is -0.837. The van der Waals surface area contributed by atoms with E-state index in [4.69, 9.17) is 0 Å². The fourth-order valence-electron chi connectivity index (χ4n) is 2.72. The zero-order chi connectivity index (χ0) is 20.1. The summed E-state index contributed by atoms with van der Waals surface area (Å²) < 4.78 is 41.2. The summed E-state index contributed by atoms with van der Waals surface area (Å²) in [6.45, 7) is 1.68. The average Bonchev–Trinajstić information content (AvgIpc) is 2.69. The third-order valence-corrected chi connectivity index (χ3v) is 5.55. The molecule has 1 unspecified atom stereocenters. The highest BCUT2D eigenvalue weighted by atomic mass is 32.2. The summed E-state index contributed by atoms with van der Waals surface area (Å²) in [5.41, 5.74) is 0.892. The maximum absolute atomic E-state index is 13.9. The number of halogens is 1. The minimum absolute atomic E-state index is 0.123. The van der Waals surface area contributed by atoms with Gasteiger partial charge in [-0.2, -0.15) is 0 Å². The number of hydrogen-bond donors (Lipinski definition) is 2. The number of sulfonamides is 1. The Kier molecular flexibility index (Phi) is 5.75. The molecule has 0 aliphatic carbocycles. The molecular formula is C21H19FN2O3S. The summed E-state index contributed by atoms with van der Waals surface area (Å²) in [6.07, 6.45) is 0. The molecule has 1 atom stereocenters. The first kappa shape index (κ1) is 19.6. The van der Waals surface area contributed by atoms with Crippen molar-refractivity contribution in [3.63, 3.8) is 0 Å². The number of rotatable bonds is 6. The molecule has 0 aromatic heterocycles. The Balaban J connectivity index is 1.76. The highest BCUT2D eigenvalue weighted by molar-refractivity contribution is 7.92. The summed E-state index contributed by atoms with van der Waals surface area (Å²) in [6, 6.07) is 19.7. The van der Waals surface area contributed by atoms with E-state index < -0.39 is 27.8 Å². The van der Waals surface area contributed by atoms with Gasteiger partial charge >= 0.3 is 0 Å². The van der Waals surface area contributed by atoms with Gasteiger partial charge in [-0.1, -0.05) is 42.5 Å². The van der Waals surface area contributed by atoms with Crippen LogP contribution in [0.5, 0.6) is 0 Å². The molecule has 3 aromatic rings. The van der Waals surface area contributed by atoms with Crippen molar-refractivity contribution in [2.45, 2.75) is 17.9 Å².